The van der Waals surface area contributed by atoms with Crippen molar-refractivity contribution in [3.8, 4) is 0 Å². The molecule has 1 aromatic carbocycles. The van der Waals surface area contributed by atoms with Crippen LogP contribution in [0.25, 0.3) is 0 Å². The normalized spacial score (nSPS) is 10.3. The molecule has 0 radical (unpaired) electrons. The van der Waals surface area contributed by atoms with E-state index in [1.54, 1.807) is 11.4 Å². The van der Waals surface area contributed by atoms with Crippen molar-refractivity contribution < 1.29 is 9.90 Å². The molecule has 0 atom stereocenters. The second-order valence-electron chi connectivity index (χ2n) is 3.92. The van der Waals surface area contributed by atoms with Crippen LogP contribution in [-0.4, -0.2) is 11.1 Å². The minimum atomic E-state index is -0.878. The van der Waals surface area contributed by atoms with Crippen LogP contribution in [0.2, 0.25) is 0 Å². The molecule has 0 aliphatic carbocycles. The molecule has 0 aliphatic heterocycles. The number of aryl methyl sites for hydroxylation is 1. The second kappa shape index (κ2) is 5.54. The second-order valence-corrected chi connectivity index (χ2v) is 5.77. The van der Waals surface area contributed by atoms with E-state index in [4.69, 9.17) is 5.11 Å². The maximum atomic E-state index is 10.8. The highest BCUT2D eigenvalue weighted by Crippen LogP contribution is 2.21. The van der Waals surface area contributed by atoms with Gasteiger partial charge in [-0.15, -0.1) is 11.3 Å². The largest absolute Gasteiger partial charge is 0.478 e. The quantitative estimate of drug-likeness (QED) is 0.888. The zero-order chi connectivity index (χ0) is 13.1. The molecule has 0 bridgehead atoms. The first-order chi connectivity index (χ1) is 8.56. The maximum absolute atomic E-state index is 10.8. The van der Waals surface area contributed by atoms with E-state index in [2.05, 4.69) is 27.3 Å². The number of carboxylic acids is 1. The van der Waals surface area contributed by atoms with Gasteiger partial charge in [-0.2, -0.15) is 0 Å². The van der Waals surface area contributed by atoms with E-state index in [1.165, 1.54) is 11.3 Å². The molecule has 2 N–H and O–H groups in total. The molecule has 0 unspecified atom stereocenters. The Morgan fingerprint density at radius 3 is 2.83 bits per heavy atom. The number of rotatable bonds is 4. The lowest BCUT2D eigenvalue weighted by Gasteiger charge is -2.06. The molecule has 94 valence electrons. The highest BCUT2D eigenvalue weighted by atomic mass is 79.9. The van der Waals surface area contributed by atoms with Crippen LogP contribution in [0.1, 0.15) is 20.8 Å². The highest BCUT2D eigenvalue weighted by Gasteiger charge is 2.06. The Hall–Kier alpha value is -1.33. The van der Waals surface area contributed by atoms with Crippen LogP contribution in [0.15, 0.2) is 34.1 Å². The molecular weight excluding hydrogens is 314 g/mol. The standard InChI is InChI=1S/C13H12BrNO2S/c1-8-4-10(2-3-12(8)14)15-6-11-5-9(7-18-11)13(16)17/h2-5,7,15H,6H2,1H3,(H,16,17). The van der Waals surface area contributed by atoms with Gasteiger partial charge in [0.2, 0.25) is 0 Å². The SMILES string of the molecule is Cc1cc(NCc2cc(C(=O)O)cs2)ccc1Br. The summed E-state index contributed by atoms with van der Waals surface area (Å²) in [6.07, 6.45) is 0. The number of thiophene rings is 1. The zero-order valence-electron chi connectivity index (χ0n) is 9.74. The Bertz CT molecular complexity index is 580. The van der Waals surface area contributed by atoms with Gasteiger partial charge in [-0.25, -0.2) is 4.79 Å². The molecule has 0 amide bonds. The molecule has 18 heavy (non-hydrogen) atoms. The maximum Gasteiger partial charge on any atom is 0.336 e. The van der Waals surface area contributed by atoms with Crippen molar-refractivity contribution in [3.05, 3.63) is 50.1 Å². The predicted molar refractivity (Wildman–Crippen MR) is 77.5 cm³/mol. The number of anilines is 1. The van der Waals surface area contributed by atoms with Gasteiger partial charge in [0, 0.05) is 27.0 Å². The van der Waals surface area contributed by atoms with Crippen molar-refractivity contribution in [3.63, 3.8) is 0 Å². The molecule has 0 spiro atoms. The van der Waals surface area contributed by atoms with Crippen LogP contribution in [0.5, 0.6) is 0 Å². The average molecular weight is 326 g/mol. The van der Waals surface area contributed by atoms with Gasteiger partial charge in [-0.05, 0) is 36.8 Å². The van der Waals surface area contributed by atoms with Crippen LogP contribution in [0.3, 0.4) is 0 Å². The van der Waals surface area contributed by atoms with E-state index in [0.29, 0.717) is 12.1 Å². The number of hydrogen-bond donors (Lipinski definition) is 2. The highest BCUT2D eigenvalue weighted by molar-refractivity contribution is 9.10. The minimum absolute atomic E-state index is 0.351. The first kappa shape index (κ1) is 13.1. The lowest BCUT2D eigenvalue weighted by molar-refractivity contribution is 0.0697. The third-order valence-corrected chi connectivity index (χ3v) is 4.35. The van der Waals surface area contributed by atoms with Crippen molar-refractivity contribution >= 4 is 38.9 Å². The number of benzene rings is 1. The molecule has 3 nitrogen and oxygen atoms in total. The fourth-order valence-electron chi connectivity index (χ4n) is 1.53. The van der Waals surface area contributed by atoms with E-state index < -0.39 is 5.97 Å². The summed E-state index contributed by atoms with van der Waals surface area (Å²) in [5.41, 5.74) is 2.54. The monoisotopic (exact) mass is 325 g/mol. The molecule has 1 aromatic heterocycles. The number of hydrogen-bond acceptors (Lipinski definition) is 3. The van der Waals surface area contributed by atoms with Crippen LogP contribution in [0, 0.1) is 6.92 Å². The van der Waals surface area contributed by atoms with Crippen molar-refractivity contribution in [2.24, 2.45) is 0 Å². The van der Waals surface area contributed by atoms with Gasteiger partial charge < -0.3 is 10.4 Å². The van der Waals surface area contributed by atoms with Gasteiger partial charge in [-0.1, -0.05) is 15.9 Å². The van der Waals surface area contributed by atoms with Gasteiger partial charge in [0.25, 0.3) is 0 Å². The van der Waals surface area contributed by atoms with E-state index in [9.17, 15) is 4.79 Å². The lowest BCUT2D eigenvalue weighted by atomic mass is 10.2. The molecular formula is C13H12BrNO2S. The fourth-order valence-corrected chi connectivity index (χ4v) is 2.57. The number of halogens is 1. The Balaban J connectivity index is 2.02. The number of carboxylic acid groups (broad SMARTS) is 1. The predicted octanol–water partition coefficient (Wildman–Crippen LogP) is 4.13. The van der Waals surface area contributed by atoms with Crippen molar-refractivity contribution in [2.45, 2.75) is 13.5 Å². The third-order valence-electron chi connectivity index (χ3n) is 2.53. The Labute approximate surface area is 118 Å². The Morgan fingerprint density at radius 2 is 2.22 bits per heavy atom. The summed E-state index contributed by atoms with van der Waals surface area (Å²) in [6.45, 7) is 2.67. The molecule has 2 rings (SSSR count). The summed E-state index contributed by atoms with van der Waals surface area (Å²) < 4.78 is 1.08. The molecule has 0 fully saturated rings. The first-order valence-electron chi connectivity index (χ1n) is 5.37. The summed E-state index contributed by atoms with van der Waals surface area (Å²) in [6, 6.07) is 7.74. The lowest BCUT2D eigenvalue weighted by Crippen LogP contribution is -1.98. The number of aromatic carboxylic acids is 1. The van der Waals surface area contributed by atoms with Gasteiger partial charge in [0.15, 0.2) is 0 Å². The van der Waals surface area contributed by atoms with E-state index >= 15 is 0 Å². The topological polar surface area (TPSA) is 49.3 Å². The van der Waals surface area contributed by atoms with Crippen LogP contribution in [-0.2, 0) is 6.54 Å². The molecule has 1 heterocycles. The van der Waals surface area contributed by atoms with Gasteiger partial charge >= 0.3 is 5.97 Å². The van der Waals surface area contributed by atoms with Gasteiger partial charge in [-0.3, -0.25) is 0 Å². The molecule has 5 heteroatoms. The average Bonchev–Trinajstić information content (AvgIpc) is 2.79. The molecule has 0 aliphatic rings. The minimum Gasteiger partial charge on any atom is -0.478 e. The van der Waals surface area contributed by atoms with Gasteiger partial charge in [0.1, 0.15) is 0 Å². The van der Waals surface area contributed by atoms with Gasteiger partial charge in [0.05, 0.1) is 5.56 Å². The Morgan fingerprint density at radius 1 is 1.44 bits per heavy atom. The van der Waals surface area contributed by atoms with Crippen molar-refractivity contribution in [1.29, 1.82) is 0 Å². The van der Waals surface area contributed by atoms with Crippen molar-refractivity contribution in [2.75, 3.05) is 5.32 Å². The summed E-state index contributed by atoms with van der Waals surface area (Å²) in [4.78, 5) is 11.8. The van der Waals surface area contributed by atoms with Crippen LogP contribution >= 0.6 is 27.3 Å². The van der Waals surface area contributed by atoms with Crippen LogP contribution in [0.4, 0.5) is 5.69 Å². The van der Waals surface area contributed by atoms with E-state index in [1.807, 2.05) is 19.1 Å². The van der Waals surface area contributed by atoms with E-state index in [0.717, 1.165) is 20.6 Å². The fraction of sp³-hybridized carbons (Fsp3) is 0.154. The third kappa shape index (κ3) is 3.11. The first-order valence-corrected chi connectivity index (χ1v) is 7.04. The Kier molecular flexibility index (Phi) is 4.04. The summed E-state index contributed by atoms with van der Waals surface area (Å²) in [5.74, 6) is -0.878. The summed E-state index contributed by atoms with van der Waals surface area (Å²) in [5, 5.41) is 13.8. The number of carbonyl (C=O) groups is 1. The zero-order valence-corrected chi connectivity index (χ0v) is 12.1. The van der Waals surface area contributed by atoms with Crippen molar-refractivity contribution in [1.82, 2.24) is 0 Å². The molecule has 0 saturated carbocycles. The summed E-state index contributed by atoms with van der Waals surface area (Å²) >= 11 is 4.91. The molecule has 0 saturated heterocycles. The van der Waals surface area contributed by atoms with E-state index in [-0.39, 0.29) is 0 Å². The number of nitrogens with one attached hydrogen (secondary N) is 1. The summed E-state index contributed by atoms with van der Waals surface area (Å²) in [7, 11) is 0. The van der Waals surface area contributed by atoms with Crippen LogP contribution < -0.4 is 5.32 Å². The smallest absolute Gasteiger partial charge is 0.336 e. The molecule has 2 aromatic rings.